The number of hydrogen-bond donors (Lipinski definition) is 2. The van der Waals surface area contributed by atoms with Crippen LogP contribution in [0, 0.1) is 0 Å². The molecule has 0 saturated carbocycles. The second kappa shape index (κ2) is 3.85. The molecule has 0 spiro atoms. The predicted octanol–water partition coefficient (Wildman–Crippen LogP) is -0.332. The summed E-state index contributed by atoms with van der Waals surface area (Å²) in [6.07, 6.45) is 4.72. The number of nitrogen functional groups attached to an aromatic ring is 1. The molecule has 1 aliphatic heterocycles. The molecule has 0 unspecified atom stereocenters. The largest absolute Gasteiger partial charge is 0.393 e. The van der Waals surface area contributed by atoms with Crippen molar-refractivity contribution < 1.29 is 5.11 Å². The molecule has 3 rings (SSSR count). The van der Waals surface area contributed by atoms with Crippen LogP contribution in [-0.4, -0.2) is 43.9 Å². The summed E-state index contributed by atoms with van der Waals surface area (Å²) in [5.74, 6) is 1.03. The summed E-state index contributed by atoms with van der Waals surface area (Å²) < 4.78 is 1.63. The number of nitrogens with two attached hydrogens (primary N) is 1. The van der Waals surface area contributed by atoms with Crippen molar-refractivity contribution in [2.45, 2.75) is 18.9 Å². The molecule has 7 heteroatoms. The Kier molecular flexibility index (Phi) is 2.32. The molecule has 0 bridgehead atoms. The van der Waals surface area contributed by atoms with Gasteiger partial charge >= 0.3 is 0 Å². The van der Waals surface area contributed by atoms with Gasteiger partial charge in [-0.3, -0.25) is 0 Å². The Morgan fingerprint density at radius 2 is 2.12 bits per heavy atom. The van der Waals surface area contributed by atoms with Crippen LogP contribution in [0.15, 0.2) is 12.4 Å². The predicted molar refractivity (Wildman–Crippen MR) is 62.6 cm³/mol. The van der Waals surface area contributed by atoms with Crippen LogP contribution in [0.3, 0.4) is 0 Å². The Morgan fingerprint density at radius 1 is 1.35 bits per heavy atom. The first-order valence-corrected chi connectivity index (χ1v) is 5.64. The zero-order chi connectivity index (χ0) is 11.8. The molecule has 0 aromatic carbocycles. The van der Waals surface area contributed by atoms with Gasteiger partial charge in [0, 0.05) is 25.5 Å². The van der Waals surface area contributed by atoms with Crippen LogP contribution in [0.4, 0.5) is 11.8 Å². The van der Waals surface area contributed by atoms with Gasteiger partial charge in [-0.1, -0.05) is 0 Å². The number of piperidine rings is 1. The summed E-state index contributed by atoms with van der Waals surface area (Å²) in [6, 6.07) is 0. The monoisotopic (exact) mass is 234 g/mol. The summed E-state index contributed by atoms with van der Waals surface area (Å²) >= 11 is 0. The number of aromatic nitrogens is 4. The smallest absolute Gasteiger partial charge is 0.240 e. The molecular formula is C10H14N6O. The SMILES string of the molecule is Nc1nc2c(N3CCC(O)CC3)nccn2n1. The molecule has 0 radical (unpaired) electrons. The Bertz CT molecular complexity index is 531. The van der Waals surface area contributed by atoms with Gasteiger partial charge in [0.15, 0.2) is 11.5 Å². The lowest BCUT2D eigenvalue weighted by Crippen LogP contribution is -2.36. The number of rotatable bonds is 1. The first kappa shape index (κ1) is 10.3. The minimum atomic E-state index is -0.200. The zero-order valence-electron chi connectivity index (χ0n) is 9.32. The third kappa shape index (κ3) is 1.78. The number of nitrogens with zero attached hydrogens (tertiary/aromatic N) is 5. The van der Waals surface area contributed by atoms with Gasteiger partial charge in [0.1, 0.15) is 0 Å². The van der Waals surface area contributed by atoms with Gasteiger partial charge in [0.25, 0.3) is 0 Å². The minimum absolute atomic E-state index is 0.200. The minimum Gasteiger partial charge on any atom is -0.393 e. The molecule has 3 heterocycles. The summed E-state index contributed by atoms with van der Waals surface area (Å²) in [6.45, 7) is 1.56. The fourth-order valence-corrected chi connectivity index (χ4v) is 2.12. The van der Waals surface area contributed by atoms with E-state index in [9.17, 15) is 5.11 Å². The Labute approximate surface area is 97.9 Å². The van der Waals surface area contributed by atoms with Crippen LogP contribution in [0.2, 0.25) is 0 Å². The molecule has 7 nitrogen and oxygen atoms in total. The van der Waals surface area contributed by atoms with E-state index in [0.29, 0.717) is 5.65 Å². The topological polar surface area (TPSA) is 92.6 Å². The van der Waals surface area contributed by atoms with E-state index >= 15 is 0 Å². The fourth-order valence-electron chi connectivity index (χ4n) is 2.12. The number of fused-ring (bicyclic) bond motifs is 1. The molecule has 3 N–H and O–H groups in total. The van der Waals surface area contributed by atoms with Gasteiger partial charge in [0.05, 0.1) is 6.10 Å². The molecule has 90 valence electrons. The number of hydrogen-bond acceptors (Lipinski definition) is 6. The third-order valence-corrected chi connectivity index (χ3v) is 3.02. The maximum Gasteiger partial charge on any atom is 0.240 e. The van der Waals surface area contributed by atoms with E-state index in [-0.39, 0.29) is 12.1 Å². The van der Waals surface area contributed by atoms with Crippen molar-refractivity contribution in [1.29, 1.82) is 0 Å². The van der Waals surface area contributed by atoms with Gasteiger partial charge in [-0.2, -0.15) is 4.98 Å². The summed E-state index contributed by atoms with van der Waals surface area (Å²) in [5.41, 5.74) is 6.25. The Balaban J connectivity index is 1.99. The maximum atomic E-state index is 9.49. The molecule has 2 aromatic heterocycles. The zero-order valence-corrected chi connectivity index (χ0v) is 9.32. The van der Waals surface area contributed by atoms with E-state index in [1.54, 1.807) is 16.9 Å². The first-order chi connectivity index (χ1) is 8.24. The molecule has 17 heavy (non-hydrogen) atoms. The lowest BCUT2D eigenvalue weighted by molar-refractivity contribution is 0.145. The lowest BCUT2D eigenvalue weighted by Gasteiger charge is -2.30. The van der Waals surface area contributed by atoms with Crippen LogP contribution < -0.4 is 10.6 Å². The van der Waals surface area contributed by atoms with Crippen molar-refractivity contribution in [1.82, 2.24) is 19.6 Å². The fraction of sp³-hybridized carbons (Fsp3) is 0.500. The quantitative estimate of drug-likeness (QED) is 0.701. The highest BCUT2D eigenvalue weighted by molar-refractivity contribution is 5.64. The number of aliphatic hydroxyl groups is 1. The van der Waals surface area contributed by atoms with E-state index in [2.05, 4.69) is 20.0 Å². The summed E-state index contributed by atoms with van der Waals surface area (Å²) in [7, 11) is 0. The van der Waals surface area contributed by atoms with Gasteiger partial charge < -0.3 is 15.7 Å². The van der Waals surface area contributed by atoms with E-state index in [1.165, 1.54) is 0 Å². The van der Waals surface area contributed by atoms with Crippen molar-refractivity contribution in [2.75, 3.05) is 23.7 Å². The highest BCUT2D eigenvalue weighted by atomic mass is 16.3. The van der Waals surface area contributed by atoms with Crippen LogP contribution in [-0.2, 0) is 0 Å². The summed E-state index contributed by atoms with van der Waals surface area (Å²) in [5, 5.41) is 13.5. The molecule has 1 aliphatic rings. The Hall–Kier alpha value is -1.89. The van der Waals surface area contributed by atoms with Crippen molar-refractivity contribution in [2.24, 2.45) is 0 Å². The van der Waals surface area contributed by atoms with Crippen LogP contribution in [0.5, 0.6) is 0 Å². The third-order valence-electron chi connectivity index (χ3n) is 3.02. The molecule has 0 aliphatic carbocycles. The maximum absolute atomic E-state index is 9.49. The van der Waals surface area contributed by atoms with E-state index < -0.39 is 0 Å². The van der Waals surface area contributed by atoms with Gasteiger partial charge in [-0.05, 0) is 12.8 Å². The highest BCUT2D eigenvalue weighted by Gasteiger charge is 2.21. The molecule has 0 amide bonds. The van der Waals surface area contributed by atoms with Crippen LogP contribution in [0.1, 0.15) is 12.8 Å². The van der Waals surface area contributed by atoms with E-state index in [4.69, 9.17) is 5.73 Å². The number of aliphatic hydroxyl groups excluding tert-OH is 1. The van der Waals surface area contributed by atoms with Crippen LogP contribution in [0.25, 0.3) is 5.65 Å². The van der Waals surface area contributed by atoms with Crippen molar-refractivity contribution in [3.05, 3.63) is 12.4 Å². The molecular weight excluding hydrogens is 220 g/mol. The standard InChI is InChI=1S/C10H14N6O/c11-10-13-9-8(12-3-6-16(9)14-10)15-4-1-7(17)2-5-15/h3,6-7,17H,1-2,4-5H2,(H2,11,14). The summed E-state index contributed by atoms with van der Waals surface area (Å²) in [4.78, 5) is 10.6. The van der Waals surface area contributed by atoms with Gasteiger partial charge in [-0.15, -0.1) is 5.10 Å². The van der Waals surface area contributed by atoms with E-state index in [1.807, 2.05) is 0 Å². The van der Waals surface area contributed by atoms with Crippen molar-refractivity contribution in [3.63, 3.8) is 0 Å². The molecule has 1 saturated heterocycles. The van der Waals surface area contributed by atoms with Gasteiger partial charge in [0.2, 0.25) is 5.95 Å². The molecule has 0 atom stereocenters. The van der Waals surface area contributed by atoms with Crippen molar-refractivity contribution >= 4 is 17.4 Å². The molecule has 2 aromatic rings. The van der Waals surface area contributed by atoms with Crippen LogP contribution >= 0.6 is 0 Å². The second-order valence-corrected chi connectivity index (χ2v) is 4.21. The van der Waals surface area contributed by atoms with E-state index in [0.717, 1.165) is 31.7 Å². The average molecular weight is 234 g/mol. The second-order valence-electron chi connectivity index (χ2n) is 4.21. The lowest BCUT2D eigenvalue weighted by atomic mass is 10.1. The van der Waals surface area contributed by atoms with Crippen molar-refractivity contribution in [3.8, 4) is 0 Å². The Morgan fingerprint density at radius 3 is 2.88 bits per heavy atom. The highest BCUT2D eigenvalue weighted by Crippen LogP contribution is 2.21. The average Bonchev–Trinajstić information content (AvgIpc) is 2.70. The normalized spacial score (nSPS) is 17.8. The number of anilines is 2. The van der Waals surface area contributed by atoms with Gasteiger partial charge in [-0.25, -0.2) is 9.50 Å². The molecule has 1 fully saturated rings. The first-order valence-electron chi connectivity index (χ1n) is 5.64.